The number of hydrogen-bond acceptors (Lipinski definition) is 3. The van der Waals surface area contributed by atoms with Crippen molar-refractivity contribution in [3.8, 4) is 0 Å². The van der Waals surface area contributed by atoms with Gasteiger partial charge in [-0.2, -0.15) is 11.8 Å². The quantitative estimate of drug-likeness (QED) is 0.605. The molecule has 1 heterocycles. The summed E-state index contributed by atoms with van der Waals surface area (Å²) in [6.45, 7) is 2.69. The van der Waals surface area contributed by atoms with Crippen LogP contribution in [0.2, 0.25) is 0 Å². The second-order valence-corrected chi connectivity index (χ2v) is 7.50. The van der Waals surface area contributed by atoms with E-state index in [1.165, 1.54) is 19.3 Å². The third-order valence-corrected chi connectivity index (χ3v) is 6.04. The van der Waals surface area contributed by atoms with E-state index in [1.54, 1.807) is 0 Å². The van der Waals surface area contributed by atoms with Crippen molar-refractivity contribution in [2.45, 2.75) is 37.7 Å². The zero-order valence-electron chi connectivity index (χ0n) is 11.6. The Hall–Kier alpha value is -0.420. The van der Waals surface area contributed by atoms with Crippen molar-refractivity contribution in [1.29, 1.82) is 0 Å². The SMILES string of the molecule is NC(=NCCC1(O)CC2CCC1C2)N1CCSCC1. The molecule has 19 heavy (non-hydrogen) atoms. The van der Waals surface area contributed by atoms with Gasteiger partial charge in [-0.05, 0) is 43.9 Å². The average Bonchev–Trinajstić information content (AvgIpc) is 3.00. The van der Waals surface area contributed by atoms with Crippen molar-refractivity contribution in [2.75, 3.05) is 31.1 Å². The molecule has 2 bridgehead atoms. The van der Waals surface area contributed by atoms with Gasteiger partial charge in [-0.15, -0.1) is 0 Å². The summed E-state index contributed by atoms with van der Waals surface area (Å²) in [5, 5.41) is 10.7. The van der Waals surface area contributed by atoms with Crippen LogP contribution in [0.4, 0.5) is 0 Å². The summed E-state index contributed by atoms with van der Waals surface area (Å²) in [5.41, 5.74) is 5.60. The molecular weight excluding hydrogens is 258 g/mol. The van der Waals surface area contributed by atoms with Gasteiger partial charge in [-0.1, -0.05) is 0 Å². The Morgan fingerprint density at radius 2 is 2.16 bits per heavy atom. The van der Waals surface area contributed by atoms with Crippen molar-refractivity contribution in [1.82, 2.24) is 4.90 Å². The zero-order valence-corrected chi connectivity index (χ0v) is 12.4. The van der Waals surface area contributed by atoms with Gasteiger partial charge in [0, 0.05) is 31.1 Å². The minimum atomic E-state index is -0.440. The number of hydrogen-bond donors (Lipinski definition) is 2. The molecule has 3 fully saturated rings. The molecule has 1 aliphatic heterocycles. The third kappa shape index (κ3) is 2.87. The molecule has 0 spiro atoms. The Morgan fingerprint density at radius 1 is 1.37 bits per heavy atom. The third-order valence-electron chi connectivity index (χ3n) is 5.10. The van der Waals surface area contributed by atoms with Crippen LogP contribution < -0.4 is 5.73 Å². The van der Waals surface area contributed by atoms with Gasteiger partial charge in [0.15, 0.2) is 5.96 Å². The normalized spacial score (nSPS) is 39.0. The molecule has 3 atom stereocenters. The van der Waals surface area contributed by atoms with Gasteiger partial charge >= 0.3 is 0 Å². The number of rotatable bonds is 3. The van der Waals surface area contributed by atoms with Gasteiger partial charge < -0.3 is 15.7 Å². The van der Waals surface area contributed by atoms with E-state index in [9.17, 15) is 5.11 Å². The largest absolute Gasteiger partial charge is 0.390 e. The summed E-state index contributed by atoms with van der Waals surface area (Å²) >= 11 is 1.98. The summed E-state index contributed by atoms with van der Waals surface area (Å²) in [4.78, 5) is 6.66. The molecular formula is C14H25N3OS. The van der Waals surface area contributed by atoms with Crippen molar-refractivity contribution in [2.24, 2.45) is 22.6 Å². The lowest BCUT2D eigenvalue weighted by atomic mass is 9.82. The highest BCUT2D eigenvalue weighted by Crippen LogP contribution is 2.52. The molecule has 2 aliphatic carbocycles. The molecule has 3 rings (SSSR count). The Kier molecular flexibility index (Phi) is 3.94. The number of aliphatic hydroxyl groups is 1. The standard InChI is InChI=1S/C14H25N3OS/c15-13(17-5-7-19-8-6-17)16-4-3-14(18)10-11-1-2-12(14)9-11/h11-12,18H,1-10H2,(H2,15,16). The molecule has 2 saturated carbocycles. The molecule has 108 valence electrons. The summed E-state index contributed by atoms with van der Waals surface area (Å²) in [7, 11) is 0. The fraction of sp³-hybridized carbons (Fsp3) is 0.929. The Morgan fingerprint density at radius 3 is 2.79 bits per heavy atom. The molecule has 3 N–H and O–H groups in total. The van der Waals surface area contributed by atoms with Crippen molar-refractivity contribution in [3.63, 3.8) is 0 Å². The fourth-order valence-corrected chi connectivity index (χ4v) is 4.88. The van der Waals surface area contributed by atoms with E-state index in [-0.39, 0.29) is 0 Å². The number of aliphatic imine (C=N–C) groups is 1. The van der Waals surface area contributed by atoms with E-state index < -0.39 is 5.60 Å². The van der Waals surface area contributed by atoms with E-state index >= 15 is 0 Å². The Balaban J connectivity index is 1.49. The highest BCUT2D eigenvalue weighted by atomic mass is 32.2. The van der Waals surface area contributed by atoms with Crippen LogP contribution in [0.5, 0.6) is 0 Å². The Bertz CT molecular complexity index is 357. The van der Waals surface area contributed by atoms with E-state index in [0.29, 0.717) is 18.4 Å². The van der Waals surface area contributed by atoms with E-state index in [2.05, 4.69) is 9.89 Å². The highest BCUT2D eigenvalue weighted by molar-refractivity contribution is 7.99. The predicted octanol–water partition coefficient (Wildman–Crippen LogP) is 1.29. The second kappa shape index (κ2) is 5.52. The first kappa shape index (κ1) is 13.6. The lowest BCUT2D eigenvalue weighted by Crippen LogP contribution is -2.43. The fourth-order valence-electron chi connectivity index (χ4n) is 3.98. The maximum atomic E-state index is 10.7. The van der Waals surface area contributed by atoms with Crippen LogP contribution in [0.25, 0.3) is 0 Å². The van der Waals surface area contributed by atoms with Gasteiger partial charge in [-0.25, -0.2) is 0 Å². The maximum absolute atomic E-state index is 10.7. The molecule has 0 amide bonds. The number of nitrogens with two attached hydrogens (primary N) is 1. The lowest BCUT2D eigenvalue weighted by Gasteiger charge is -2.32. The van der Waals surface area contributed by atoms with Gasteiger partial charge in [0.05, 0.1) is 5.60 Å². The highest BCUT2D eigenvalue weighted by Gasteiger charge is 2.49. The van der Waals surface area contributed by atoms with Crippen LogP contribution >= 0.6 is 11.8 Å². The lowest BCUT2D eigenvalue weighted by molar-refractivity contribution is -0.0181. The molecule has 3 unspecified atom stereocenters. The number of nitrogens with zero attached hydrogens (tertiary/aromatic N) is 2. The second-order valence-electron chi connectivity index (χ2n) is 6.27. The number of guanidine groups is 1. The summed E-state index contributed by atoms with van der Waals surface area (Å²) in [6, 6.07) is 0. The van der Waals surface area contributed by atoms with E-state index in [4.69, 9.17) is 5.73 Å². The van der Waals surface area contributed by atoms with Crippen LogP contribution in [0.3, 0.4) is 0 Å². The Labute approximate surface area is 119 Å². The van der Waals surface area contributed by atoms with Crippen molar-refractivity contribution >= 4 is 17.7 Å². The molecule has 0 radical (unpaired) electrons. The maximum Gasteiger partial charge on any atom is 0.191 e. The molecule has 4 nitrogen and oxygen atoms in total. The number of thioether (sulfide) groups is 1. The smallest absolute Gasteiger partial charge is 0.191 e. The average molecular weight is 283 g/mol. The molecule has 0 aromatic heterocycles. The minimum absolute atomic E-state index is 0.440. The van der Waals surface area contributed by atoms with Crippen molar-refractivity contribution in [3.05, 3.63) is 0 Å². The van der Waals surface area contributed by atoms with Crippen molar-refractivity contribution < 1.29 is 5.11 Å². The van der Waals surface area contributed by atoms with E-state index in [0.717, 1.165) is 43.4 Å². The van der Waals surface area contributed by atoms with Gasteiger partial charge in [-0.3, -0.25) is 4.99 Å². The summed E-state index contributed by atoms with van der Waals surface area (Å²) < 4.78 is 0. The van der Waals surface area contributed by atoms with Gasteiger partial charge in [0.1, 0.15) is 0 Å². The van der Waals surface area contributed by atoms with Crippen LogP contribution in [0, 0.1) is 11.8 Å². The van der Waals surface area contributed by atoms with Crippen LogP contribution in [0.15, 0.2) is 4.99 Å². The number of fused-ring (bicyclic) bond motifs is 2. The topological polar surface area (TPSA) is 61.9 Å². The van der Waals surface area contributed by atoms with Gasteiger partial charge in [0.2, 0.25) is 0 Å². The molecule has 0 aromatic carbocycles. The van der Waals surface area contributed by atoms with E-state index in [1.807, 2.05) is 11.8 Å². The molecule has 0 aromatic rings. The first-order valence-corrected chi connectivity index (χ1v) is 8.68. The first-order valence-electron chi connectivity index (χ1n) is 7.52. The minimum Gasteiger partial charge on any atom is -0.390 e. The van der Waals surface area contributed by atoms with Crippen LogP contribution in [0.1, 0.15) is 32.1 Å². The monoisotopic (exact) mass is 283 g/mol. The predicted molar refractivity (Wildman–Crippen MR) is 80.4 cm³/mol. The van der Waals surface area contributed by atoms with Crippen LogP contribution in [-0.2, 0) is 0 Å². The summed E-state index contributed by atoms with van der Waals surface area (Å²) in [5.74, 6) is 4.26. The molecule has 1 saturated heterocycles. The molecule has 5 heteroatoms. The first-order chi connectivity index (χ1) is 9.17. The zero-order chi connectivity index (χ0) is 13.3. The molecule has 3 aliphatic rings. The van der Waals surface area contributed by atoms with Gasteiger partial charge in [0.25, 0.3) is 0 Å². The summed E-state index contributed by atoms with van der Waals surface area (Å²) in [6.07, 6.45) is 5.55. The van der Waals surface area contributed by atoms with Crippen LogP contribution in [-0.4, -0.2) is 52.7 Å².